The Morgan fingerprint density at radius 2 is 0.446 bits per heavy atom. The molecule has 0 atom stereocenters. The topological polar surface area (TPSA) is 866 Å². The average molecular weight is 1900 g/mol. The van der Waals surface area contributed by atoms with Crippen LogP contribution in [0.15, 0.2) is 166 Å². The molecule has 0 aliphatic heterocycles. The summed E-state index contributed by atoms with van der Waals surface area (Å²) >= 11 is 0. The Bertz CT molecular complexity index is 3520. The van der Waals surface area contributed by atoms with Crippen molar-refractivity contribution in [2.45, 2.75) is 0 Å². The number of phenolic OH excluding ortho intramolecular Hbond substituents is 6. The molecule has 0 aliphatic carbocycles. The predicted molar refractivity (Wildman–Crippen MR) is 395 cm³/mol. The minimum absolute atomic E-state index is 0. The molecule has 2 radical (unpaired) electrons. The van der Waals surface area contributed by atoms with Gasteiger partial charge in [0.2, 0.25) is 0 Å². The van der Waals surface area contributed by atoms with Gasteiger partial charge < -0.3 is 164 Å². The number of rotatable bonds is 12. The Kier molecular flexibility index (Phi) is 92.3. The Balaban J connectivity index is -0.000000123. The van der Waals surface area contributed by atoms with E-state index in [9.17, 15) is 60.0 Å². The van der Waals surface area contributed by atoms with Crippen molar-refractivity contribution in [3.05, 3.63) is 251 Å². The standard InChI is InChI=1S/2C26H20N4O6.10CH4O.2Dy.4NO3.2H2O/c2*31-20-7-3-1-5-18(20)25(35)29-27-13-16-11-9-15-10-12-17(24(34)22(15)23(16)33)14-28-30-26(36)19-6-2-4-8-21(19)32;10*1-2;;;4*2-1(3)4;;/h2*1-14,31-34H,(H,29,35)(H,30,36);10*2H,1H3;;;;;;;2*1H2/q;;;;;;;;;;;;2*+3;4*-1;;/b2*27-13+,28-14+;;;;;;;;;;;;;;;;;;. The number of aliphatic hydroxyl groups is 10. The van der Waals surface area contributed by atoms with Gasteiger partial charge in [0, 0.05) is 93.0 Å². The largest absolute Gasteiger partial charge is 3.00 e. The summed E-state index contributed by atoms with van der Waals surface area (Å²) in [5, 5.41) is 231. The maximum absolute atomic E-state index is 13.0. The summed E-state index contributed by atoms with van der Waals surface area (Å²) in [7, 11) is 10.0. The van der Waals surface area contributed by atoms with E-state index in [0.717, 1.165) is 83.5 Å². The Hall–Kier alpha value is -11.9. The molecule has 8 aromatic rings. The van der Waals surface area contributed by atoms with Crippen molar-refractivity contribution in [1.82, 2.24) is 21.7 Å². The first-order chi connectivity index (χ1) is 51.7. The van der Waals surface area contributed by atoms with Gasteiger partial charge in [-0.05, 0) is 82.6 Å². The molecule has 0 aromatic heterocycles. The molecular weight excluding hydrogens is 1810 g/mol. The van der Waals surface area contributed by atoms with Crippen molar-refractivity contribution in [3.8, 4) is 46.0 Å². The second-order valence-electron chi connectivity index (χ2n) is 15.9. The molecule has 0 fully saturated rings. The van der Waals surface area contributed by atoms with E-state index in [1.807, 2.05) is 0 Å². The van der Waals surface area contributed by atoms with Crippen molar-refractivity contribution in [3.63, 3.8) is 0 Å². The number of aromatic hydroxyl groups is 6. The van der Waals surface area contributed by atoms with Crippen LogP contribution < -0.4 is 31.9 Å². The zero-order valence-corrected chi connectivity index (χ0v) is 64.1. The van der Waals surface area contributed by atoms with Crippen molar-refractivity contribution in [1.29, 1.82) is 0 Å². The number of phenols is 6. The fraction of sp³-hybridized carbons (Fsp3) is 0.161. The zero-order chi connectivity index (χ0) is 85.6. The van der Waals surface area contributed by atoms with E-state index in [-0.39, 0.29) is 177 Å². The first-order valence-corrected chi connectivity index (χ1v) is 27.8. The van der Waals surface area contributed by atoms with Crippen LogP contribution in [0.1, 0.15) is 63.7 Å². The summed E-state index contributed by atoms with van der Waals surface area (Å²) in [5.41, 5.74) is 9.58. The third-order valence-electron chi connectivity index (χ3n) is 10.4. The van der Waals surface area contributed by atoms with Gasteiger partial charge in [0.15, 0.2) is 0 Å². The number of amides is 4. The average Bonchev–Trinajstić information content (AvgIpc) is 0.789. The number of nitrogens with one attached hydrogen (secondary N) is 4. The number of hydrogen-bond donors (Lipinski definition) is 20. The van der Waals surface area contributed by atoms with Crippen LogP contribution in [0.25, 0.3) is 21.5 Å². The van der Waals surface area contributed by atoms with E-state index >= 15 is 0 Å². The molecule has 8 aromatic carbocycles. The molecular formula is C62H84Dy2N12O36+2. The van der Waals surface area contributed by atoms with Gasteiger partial charge in [-0.2, -0.15) is 20.4 Å². The number of para-hydroxylation sites is 4. The summed E-state index contributed by atoms with van der Waals surface area (Å²) in [6.07, 6.45) is 4.59. The predicted octanol–water partition coefficient (Wildman–Crippen LogP) is -1.60. The van der Waals surface area contributed by atoms with Crippen LogP contribution >= 0.6 is 0 Å². The molecule has 4 amide bonds. The normalized spacial score (nSPS) is 8.61. The van der Waals surface area contributed by atoms with Crippen LogP contribution in [0.3, 0.4) is 0 Å². The van der Waals surface area contributed by atoms with Gasteiger partial charge in [-0.1, -0.05) is 96.4 Å². The molecule has 0 bridgehead atoms. The van der Waals surface area contributed by atoms with Crippen molar-refractivity contribution >= 4 is 70.0 Å². The molecule has 0 unspecified atom stereocenters. The van der Waals surface area contributed by atoms with Gasteiger partial charge in [-0.25, -0.2) is 21.7 Å². The number of benzene rings is 8. The molecule has 0 heterocycles. The minimum atomic E-state index is -1.75. The van der Waals surface area contributed by atoms with Gasteiger partial charge in [-0.15, -0.1) is 0 Å². The molecule has 112 heavy (non-hydrogen) atoms. The number of carbonyl (C=O) groups excluding carboxylic acids is 4. The van der Waals surface area contributed by atoms with Gasteiger partial charge in [0.1, 0.15) is 34.5 Å². The molecule has 626 valence electrons. The van der Waals surface area contributed by atoms with Crippen LogP contribution in [0.5, 0.6) is 46.0 Å². The van der Waals surface area contributed by atoms with Crippen molar-refractivity contribution < 1.29 is 219 Å². The molecule has 50 heteroatoms. The summed E-state index contributed by atoms with van der Waals surface area (Å²) in [6.45, 7) is 0. The van der Waals surface area contributed by atoms with E-state index in [2.05, 4.69) is 42.1 Å². The Morgan fingerprint density at radius 3 is 0.616 bits per heavy atom. The number of hydrazone groups is 4. The fourth-order valence-corrected chi connectivity index (χ4v) is 6.76. The number of aliphatic hydroxyl groups excluding tert-OH is 10. The van der Waals surface area contributed by atoms with Crippen molar-refractivity contribution in [2.75, 3.05) is 71.1 Å². The summed E-state index contributed by atoms with van der Waals surface area (Å²) in [4.78, 5) is 81.6. The quantitative estimate of drug-likeness (QED) is 0.0283. The Labute approximate surface area is 694 Å². The smallest absolute Gasteiger partial charge is 0.872 e. The molecule has 0 saturated carbocycles. The molecule has 8 rings (SSSR count). The monoisotopic (exact) mass is 1900 g/mol. The van der Waals surface area contributed by atoms with Gasteiger partial charge in [0.05, 0.1) is 67.5 Å². The van der Waals surface area contributed by atoms with E-state index in [0.29, 0.717) is 10.8 Å². The summed E-state index contributed by atoms with van der Waals surface area (Å²) < 4.78 is 0. The van der Waals surface area contributed by atoms with Crippen LogP contribution in [-0.2, 0) is 11.0 Å². The third-order valence-corrected chi connectivity index (χ3v) is 10.4. The number of nitrogens with zero attached hydrogens (tertiary/aromatic N) is 8. The van der Waals surface area contributed by atoms with Crippen molar-refractivity contribution in [2.24, 2.45) is 20.4 Å². The first-order valence-electron chi connectivity index (χ1n) is 27.8. The maximum Gasteiger partial charge on any atom is 3.00 e. The van der Waals surface area contributed by atoms with Crippen LogP contribution in [0.4, 0.5) is 0 Å². The number of hydrogen-bond acceptors (Lipinski definition) is 38. The van der Waals surface area contributed by atoms with Gasteiger partial charge in [0.25, 0.3) is 23.6 Å². The maximum atomic E-state index is 13.0. The first kappa shape index (κ1) is 127. The number of fused-ring (bicyclic) bond motifs is 2. The summed E-state index contributed by atoms with van der Waals surface area (Å²) in [5.74, 6) is -5.27. The number of carbonyl (C=O) groups is 4. The van der Waals surface area contributed by atoms with Gasteiger partial charge >= 0.3 is 76.3 Å². The minimum Gasteiger partial charge on any atom is -0.872 e. The molecule has 26 N–H and O–H groups in total. The Morgan fingerprint density at radius 1 is 0.295 bits per heavy atom. The second kappa shape index (κ2) is 81.6. The van der Waals surface area contributed by atoms with Gasteiger partial charge in [-0.3, -0.25) is 19.2 Å². The fourth-order valence-electron chi connectivity index (χ4n) is 6.76. The van der Waals surface area contributed by atoms with E-state index in [4.69, 9.17) is 112 Å². The summed E-state index contributed by atoms with van der Waals surface area (Å²) in [6, 6.07) is 36.2. The van der Waals surface area contributed by atoms with E-state index in [1.165, 1.54) is 85.2 Å². The SMILES string of the molecule is CO.CO.CO.CO.CO.CO.CO.CO.CO.CO.O=C(N/N=C/c1ccc2ccc(/C=N/NC(=O)c3ccccc3O)c(O)c2c1[O-])c1ccccc1O.O=C(N/N=C/c1ccc2ccc(/C=N/NC(=O)c3ccccc3O)c(O)c2c1[O-])c1ccccc1O.O=[N+]([O-])[O-].O=[N+]([O-])[O-].O=[N+]([O-])[O-].O=[N+]([O-])[O-].[Dy+3].[Dy+3].[OH3+].[OH3+]. The van der Waals surface area contributed by atoms with Crippen LogP contribution in [-0.4, -0.2) is 222 Å². The second-order valence-corrected chi connectivity index (χ2v) is 15.9. The molecule has 48 nitrogen and oxygen atoms in total. The third kappa shape index (κ3) is 53.0. The van der Waals surface area contributed by atoms with E-state index in [1.54, 1.807) is 72.8 Å². The molecule has 0 aliphatic rings. The van der Waals surface area contributed by atoms with Crippen LogP contribution in [0, 0.1) is 138 Å². The molecule has 0 spiro atoms. The van der Waals surface area contributed by atoms with E-state index < -0.39 is 55.5 Å². The van der Waals surface area contributed by atoms with Crippen LogP contribution in [0.2, 0.25) is 0 Å². The molecule has 0 saturated heterocycles. The zero-order valence-electron chi connectivity index (χ0n) is 60.0.